The lowest BCUT2D eigenvalue weighted by Gasteiger charge is -2.22. The normalized spacial score (nSPS) is 12.2. The fourth-order valence-electron chi connectivity index (χ4n) is 17.0. The molecular weight excluding hydrogens is 1700 g/mol. The molecule has 13 aromatic heterocycles. The van der Waals surface area contributed by atoms with Gasteiger partial charge in [-0.3, -0.25) is 77.0 Å². The number of pyridine rings is 11. The van der Waals surface area contributed by atoms with Crippen molar-refractivity contribution in [2.24, 2.45) is 7.05 Å². The van der Waals surface area contributed by atoms with E-state index in [1.807, 2.05) is 290 Å². The Hall–Kier alpha value is -15.8. The number of rotatable bonds is 17. The summed E-state index contributed by atoms with van der Waals surface area (Å²) in [6.07, 6.45) is 16.6. The summed E-state index contributed by atoms with van der Waals surface area (Å²) in [7, 11) is 1.88. The first-order valence-corrected chi connectivity index (χ1v) is 43.8. The highest BCUT2D eigenvalue weighted by atomic mass is 35.5. The number of benzene rings is 8. The summed E-state index contributed by atoms with van der Waals surface area (Å²) in [6, 6.07) is 88.1. The van der Waals surface area contributed by atoms with Gasteiger partial charge in [0.2, 0.25) is 0 Å². The van der Waals surface area contributed by atoms with Gasteiger partial charge >= 0.3 is 0 Å². The molecular formula is C106H85Cl3N18O4. The molecule has 21 aromatic rings. The molecule has 0 aliphatic carbocycles. The number of anilines is 3. The predicted molar refractivity (Wildman–Crippen MR) is 529 cm³/mol. The molecule has 0 spiro atoms. The van der Waals surface area contributed by atoms with Gasteiger partial charge in [-0.15, -0.1) is 0 Å². The highest BCUT2D eigenvalue weighted by Gasteiger charge is 2.26. The Morgan fingerprint density at radius 1 is 0.336 bits per heavy atom. The third kappa shape index (κ3) is 17.7. The average Bonchev–Trinajstić information content (AvgIpc) is 1.62. The Morgan fingerprint density at radius 2 is 0.695 bits per heavy atom. The van der Waals surface area contributed by atoms with Gasteiger partial charge in [-0.1, -0.05) is 163 Å². The molecule has 0 aliphatic heterocycles. The minimum Gasteiger partial charge on any atom is -0.375 e. The van der Waals surface area contributed by atoms with Crippen LogP contribution in [0.2, 0.25) is 15.1 Å². The lowest BCUT2D eigenvalue weighted by molar-refractivity contribution is 0.684. The second-order valence-corrected chi connectivity index (χ2v) is 33.2. The van der Waals surface area contributed by atoms with E-state index in [1.165, 1.54) is 0 Å². The van der Waals surface area contributed by atoms with Crippen molar-refractivity contribution in [1.82, 2.24) is 72.9 Å². The van der Waals surface area contributed by atoms with Gasteiger partial charge in [-0.25, -0.2) is 9.97 Å². The number of para-hydroxylation sites is 3. The number of nitrogens with one attached hydrogen (secondary N) is 3. The summed E-state index contributed by atoms with van der Waals surface area (Å²) in [5.41, 5.74) is 18.9. The van der Waals surface area contributed by atoms with Crippen LogP contribution in [0.25, 0.3) is 121 Å². The number of nitrogens with zero attached hydrogens (tertiary/aromatic N) is 15. The number of hydrogen-bond acceptors (Lipinski definition) is 17. The highest BCUT2D eigenvalue weighted by molar-refractivity contribution is 6.36. The number of hydrogen-bond donors (Lipinski definition) is 3. The molecule has 0 saturated heterocycles. The second-order valence-electron chi connectivity index (χ2n) is 32.0. The summed E-state index contributed by atoms with van der Waals surface area (Å²) in [4.78, 5) is 95.5. The molecule has 13 heterocycles. The molecule has 21 rings (SSSR count). The van der Waals surface area contributed by atoms with Gasteiger partial charge in [0.1, 0.15) is 27.9 Å². The van der Waals surface area contributed by atoms with Gasteiger partial charge in [0, 0.05) is 120 Å². The number of aromatic nitrogens is 15. The molecule has 3 N–H and O–H groups in total. The Morgan fingerprint density at radius 3 is 1.11 bits per heavy atom. The molecule has 644 valence electrons. The van der Waals surface area contributed by atoms with Crippen molar-refractivity contribution < 1.29 is 0 Å². The quantitative estimate of drug-likeness (QED) is 0.0765. The first-order valence-electron chi connectivity index (χ1n) is 42.7. The van der Waals surface area contributed by atoms with Crippen LogP contribution in [0.3, 0.4) is 0 Å². The Balaban J connectivity index is 0.000000118. The highest BCUT2D eigenvalue weighted by Crippen LogP contribution is 2.37. The molecule has 0 unspecified atom stereocenters. The first-order chi connectivity index (χ1) is 63.8. The van der Waals surface area contributed by atoms with Crippen LogP contribution in [0.5, 0.6) is 0 Å². The molecule has 0 fully saturated rings. The fourth-order valence-corrected chi connectivity index (χ4v) is 17.8. The molecule has 4 atom stereocenters. The summed E-state index contributed by atoms with van der Waals surface area (Å²) < 4.78 is 8.79. The maximum atomic E-state index is 14.2. The van der Waals surface area contributed by atoms with Gasteiger partial charge in [0.05, 0.1) is 106 Å². The Bertz CT molecular complexity index is 8160. The number of fused-ring (bicyclic) bond motifs is 8. The molecule has 8 aromatic carbocycles. The Kier molecular flexibility index (Phi) is 24.7. The van der Waals surface area contributed by atoms with Crippen LogP contribution in [0, 0.1) is 13.8 Å². The van der Waals surface area contributed by atoms with E-state index in [-0.39, 0.29) is 46.3 Å². The van der Waals surface area contributed by atoms with Crippen LogP contribution in [0.15, 0.2) is 354 Å². The van der Waals surface area contributed by atoms with Gasteiger partial charge in [-0.2, -0.15) is 5.10 Å². The summed E-state index contributed by atoms with van der Waals surface area (Å²) in [5.74, 6) is 0.698. The molecule has 25 heteroatoms. The standard InChI is InChI=1S/C29H24N6O.2C26H21ClN4O.C25H19ClN4O/c1-19(33-25-13-15-30-24-12-7-14-31-28(24)25)26-16-20-8-6-11-23(21-17-32-34(2)18-21)27(20)29(36)35(26)22-9-4-3-5-10-22;1-16-6-3-8-19(14-16)31-23(15-18-7-4-9-20(27)24(18)26(31)32)17(2)30-22-11-13-28-21-10-5-12-29-25(21)22;1-16(14-22-25-21(12-7-13-28-25)29-17(2)30-22)23-15-18-8-6-11-20(27)24(18)26(32)31(23)19-9-4-3-5-10-19;1-16(29-21-12-14-27-20-11-6-13-28-24(20)21)22-15-17-7-5-10-19(26)23(17)25(31)30(22)18-8-3-2-4-9-18/h3-19H,1-2H3,(H,30,33);3-15,17H,1-2H3,(H,28,30);3-13,15-16H,14H2,1-2H3;2-16H,1H3,(H,27,29)/t19-;17-;2*16-/m0010/s1. The van der Waals surface area contributed by atoms with Crippen molar-refractivity contribution in [3.63, 3.8) is 0 Å². The van der Waals surface area contributed by atoms with E-state index in [0.717, 1.165) is 151 Å². The van der Waals surface area contributed by atoms with Crippen LogP contribution >= 0.6 is 34.8 Å². The van der Waals surface area contributed by atoms with Crippen LogP contribution in [0.1, 0.15) is 91.6 Å². The van der Waals surface area contributed by atoms with Crippen molar-refractivity contribution in [3.05, 3.63) is 431 Å². The van der Waals surface area contributed by atoms with Gasteiger partial charge in [0.15, 0.2) is 0 Å². The van der Waals surface area contributed by atoms with Crippen molar-refractivity contribution >= 4 is 139 Å². The second kappa shape index (κ2) is 37.7. The fraction of sp³-hybridized carbons (Fsp3) is 0.113. The van der Waals surface area contributed by atoms with E-state index in [9.17, 15) is 19.2 Å². The third-order valence-corrected chi connectivity index (χ3v) is 24.0. The van der Waals surface area contributed by atoms with E-state index in [4.69, 9.17) is 34.8 Å². The van der Waals surface area contributed by atoms with Crippen molar-refractivity contribution in [1.29, 1.82) is 0 Å². The minimum absolute atomic E-state index is 0.00852. The van der Waals surface area contributed by atoms with E-state index < -0.39 is 0 Å². The van der Waals surface area contributed by atoms with Crippen molar-refractivity contribution in [2.45, 2.75) is 72.0 Å². The van der Waals surface area contributed by atoms with Crippen LogP contribution < -0.4 is 38.2 Å². The summed E-state index contributed by atoms with van der Waals surface area (Å²) in [5, 5.41) is 21.9. The summed E-state index contributed by atoms with van der Waals surface area (Å²) >= 11 is 19.3. The zero-order valence-electron chi connectivity index (χ0n) is 72.2. The molecule has 0 saturated carbocycles. The van der Waals surface area contributed by atoms with E-state index in [0.29, 0.717) is 48.9 Å². The zero-order valence-corrected chi connectivity index (χ0v) is 74.5. The minimum atomic E-state index is -0.197. The van der Waals surface area contributed by atoms with Crippen molar-refractivity contribution in [2.75, 3.05) is 16.0 Å². The average molecular weight is 1780 g/mol. The van der Waals surface area contributed by atoms with Crippen LogP contribution in [-0.2, 0) is 13.5 Å². The van der Waals surface area contributed by atoms with Crippen molar-refractivity contribution in [3.8, 4) is 33.9 Å². The molecule has 0 aliphatic rings. The van der Waals surface area contributed by atoms with Crippen LogP contribution in [-0.4, -0.2) is 72.9 Å². The monoisotopic (exact) mass is 1780 g/mol. The SMILES string of the molecule is C[C@H](Nc1ccnc2cccnc12)c1cc2cccc(-c3cnn(C)c3)c2c(=O)n1-c1ccccc1.C[C@H](Nc1ccnc2cccnc12)c1cc2cccc(Cl)c2c(=O)n1-c1ccccc1.Cc1cccc(-n2c([C@H](C)Nc3ccnc4cccnc34)cc3cccc(Cl)c3c2=O)c1.Cc1nc(C[C@@H](C)c2cc3cccc(Cl)c3c(=O)n2-c2ccccc2)c2ncccc2n1. The topological polar surface area (TPSA) is 258 Å². The molecule has 0 amide bonds. The third-order valence-electron chi connectivity index (χ3n) is 23.0. The van der Waals surface area contributed by atoms with E-state index in [2.05, 4.69) is 91.9 Å². The van der Waals surface area contributed by atoms with Crippen LogP contribution in [0.4, 0.5) is 17.1 Å². The van der Waals surface area contributed by atoms with Gasteiger partial charge in [0.25, 0.3) is 22.2 Å². The Labute approximate surface area is 766 Å². The smallest absolute Gasteiger partial charge is 0.264 e. The zero-order chi connectivity index (χ0) is 90.5. The van der Waals surface area contributed by atoms with Gasteiger partial charge in [-0.05, 0) is 225 Å². The number of aryl methyl sites for hydroxylation is 3. The van der Waals surface area contributed by atoms with Gasteiger partial charge < -0.3 is 16.0 Å². The molecule has 0 bridgehead atoms. The molecule has 131 heavy (non-hydrogen) atoms. The van der Waals surface area contributed by atoms with E-state index >= 15 is 0 Å². The first kappa shape index (κ1) is 86.0. The lowest BCUT2D eigenvalue weighted by atomic mass is 9.97. The maximum absolute atomic E-state index is 14.2. The predicted octanol–water partition coefficient (Wildman–Crippen LogP) is 23.0. The lowest BCUT2D eigenvalue weighted by Crippen LogP contribution is -2.26. The van der Waals surface area contributed by atoms with E-state index in [1.54, 1.807) is 90.7 Å². The molecule has 22 nitrogen and oxygen atoms in total. The maximum Gasteiger partial charge on any atom is 0.264 e. The largest absolute Gasteiger partial charge is 0.375 e. The molecule has 0 radical (unpaired) electrons. The summed E-state index contributed by atoms with van der Waals surface area (Å²) in [6.45, 7) is 12.1. The number of halogens is 3.